The van der Waals surface area contributed by atoms with Crippen LogP contribution in [-0.4, -0.2) is 67.9 Å². The van der Waals surface area contributed by atoms with Crippen molar-refractivity contribution in [1.82, 2.24) is 0 Å². The number of halogens is 4. The predicted molar refractivity (Wildman–Crippen MR) is 340 cm³/mol. The molecule has 7 aromatic rings. The Hall–Kier alpha value is -7.74. The van der Waals surface area contributed by atoms with E-state index < -0.39 is 84.9 Å². The fourth-order valence-electron chi connectivity index (χ4n) is 7.80. The fourth-order valence-corrected chi connectivity index (χ4v) is 10.5. The van der Waals surface area contributed by atoms with Crippen molar-refractivity contribution in [2.24, 2.45) is 16.2 Å². The topological polar surface area (TPSA) is 192 Å². The van der Waals surface area contributed by atoms with E-state index in [-0.39, 0.29) is 42.0 Å². The van der Waals surface area contributed by atoms with Crippen LogP contribution in [0.3, 0.4) is 0 Å². The highest BCUT2D eigenvalue weighted by Crippen LogP contribution is 2.34. The van der Waals surface area contributed by atoms with Crippen molar-refractivity contribution in [3.63, 3.8) is 0 Å². The highest BCUT2D eigenvalue weighted by Gasteiger charge is 2.36. The molecule has 0 spiro atoms. The van der Waals surface area contributed by atoms with Crippen LogP contribution >= 0.6 is 0 Å². The third kappa shape index (κ3) is 22.0. The number of hydrogen-bond acceptors (Lipinski definition) is 13. The molecular weight excluding hydrogens is 1200 g/mol. The van der Waals surface area contributed by atoms with Gasteiger partial charge in [-0.3, -0.25) is 14.4 Å². The number of phenolic OH excluding ortho intramolecular Hbond substituents is 1. The van der Waals surface area contributed by atoms with E-state index in [0.717, 1.165) is 18.4 Å². The van der Waals surface area contributed by atoms with Crippen LogP contribution in [0.15, 0.2) is 177 Å². The predicted octanol–water partition coefficient (Wildman–Crippen LogP) is 16.7. The lowest BCUT2D eigenvalue weighted by Crippen LogP contribution is -2.32. The fraction of sp³-hybridized carbons (Fsp3) is 0.380. The van der Waals surface area contributed by atoms with E-state index >= 15 is 0 Å². The smallest absolute Gasteiger partial charge is 0.347 e. The van der Waals surface area contributed by atoms with Crippen LogP contribution in [0.1, 0.15) is 145 Å². The van der Waals surface area contributed by atoms with Gasteiger partial charge in [-0.25, -0.2) is 22.0 Å². The quantitative estimate of drug-likeness (QED) is 0.0144. The molecule has 0 bridgehead atoms. The highest BCUT2D eigenvalue weighted by atomic mass is 32.2. The Labute approximate surface area is 530 Å². The molecule has 1 heterocycles. The van der Waals surface area contributed by atoms with E-state index in [1.165, 1.54) is 31.0 Å². The molecule has 1 saturated heterocycles. The summed E-state index contributed by atoms with van der Waals surface area (Å²) >= 11 is 0. The molecule has 0 amide bonds. The van der Waals surface area contributed by atoms with Crippen LogP contribution in [0.4, 0.5) is 17.6 Å². The van der Waals surface area contributed by atoms with Gasteiger partial charge in [0.1, 0.15) is 26.9 Å². The molecule has 19 heteroatoms. The van der Waals surface area contributed by atoms with Crippen molar-refractivity contribution in [3.8, 4) is 11.5 Å². The molecule has 90 heavy (non-hydrogen) atoms. The Kier molecular flexibility index (Phi) is 29.1. The summed E-state index contributed by atoms with van der Waals surface area (Å²) in [6, 6.07) is 54.0. The van der Waals surface area contributed by atoms with Gasteiger partial charge in [-0.2, -0.15) is 8.78 Å². The lowest BCUT2D eigenvalue weighted by atomic mass is 9.90. The largest absolute Gasteiger partial charge is 0.744 e. The zero-order chi connectivity index (χ0) is 67.0. The normalized spacial score (nSPS) is 13.7. The first kappa shape index (κ1) is 74.7. The molecule has 8 rings (SSSR count). The molecule has 1 N–H and O–H groups in total. The van der Waals surface area contributed by atoms with Gasteiger partial charge >= 0.3 is 23.9 Å². The number of rotatable bonds is 20. The van der Waals surface area contributed by atoms with Gasteiger partial charge in [0.25, 0.3) is 0 Å². The van der Waals surface area contributed by atoms with Crippen LogP contribution < -0.4 is 4.74 Å². The van der Waals surface area contributed by atoms with Crippen LogP contribution in [0, 0.1) is 39.5 Å². The van der Waals surface area contributed by atoms with Crippen molar-refractivity contribution in [2.75, 3.05) is 19.8 Å². The average molecular weight is 1290 g/mol. The second kappa shape index (κ2) is 35.0. The molecule has 3 atom stereocenters. The number of carbonyl (C=O) groups excluding carboxylic acids is 4. The minimum Gasteiger partial charge on any atom is -0.744 e. The number of cyclic esters (lactones) is 1. The Bertz CT molecular complexity index is 3410. The lowest BCUT2D eigenvalue weighted by molar-refractivity contribution is -0.167. The number of ether oxygens (including phenoxy) is 5. The molecule has 1 aliphatic rings. The maximum atomic E-state index is 13.7. The second-order valence-corrected chi connectivity index (χ2v) is 26.4. The van der Waals surface area contributed by atoms with Gasteiger partial charge in [0.05, 0.1) is 47.0 Å². The molecular formula is C71H84F4O13S2. The number of aromatic hydroxyl groups is 1. The summed E-state index contributed by atoms with van der Waals surface area (Å²) < 4.78 is 111. The first-order valence-electron chi connectivity index (χ1n) is 29.8. The first-order chi connectivity index (χ1) is 42.4. The van der Waals surface area contributed by atoms with Crippen LogP contribution in [0.5, 0.6) is 11.5 Å². The summed E-state index contributed by atoms with van der Waals surface area (Å²) in [5.74, 6) is -11.0. The SMILES string of the molecule is CCC(C)(C)C(=O)OC(C)c1ccc2ccccc2c1.CCC(C)(C)C(=O)OC1CCOC1=O.CCC(C)(C)C(=O)OCCCOc1c(F)c(F)c(S(=O)(=O)[O-])c(F)c1F.CCC(C)c1ccc(O)cc1.c1ccc([S+](c2ccccc2)c2ccccc2)cc1. The Morgan fingerprint density at radius 2 is 1.06 bits per heavy atom. The highest BCUT2D eigenvalue weighted by molar-refractivity contribution is 7.97. The number of carbonyl (C=O) groups is 4. The number of hydrogen-bond donors (Lipinski definition) is 1. The molecule has 1 aliphatic heterocycles. The maximum Gasteiger partial charge on any atom is 0.347 e. The van der Waals surface area contributed by atoms with Gasteiger partial charge < -0.3 is 33.3 Å². The zero-order valence-electron chi connectivity index (χ0n) is 53.3. The summed E-state index contributed by atoms with van der Waals surface area (Å²) in [5.41, 5.74) is 0.660. The third-order valence-corrected chi connectivity index (χ3v) is 18.3. The standard InChI is InChI=1S/C18H22O2.C18H15S.C15H18F4O6S.C10H16O4.C10H14O/c1-5-18(3,4)17(19)20-13(2)15-11-10-14-8-6-7-9-16(14)12-15;1-4-10-16(11-5-1)19(17-12-6-2-7-13-17)18-14-8-3-9-15-18;1-4-15(2,3)14(20)25-7-5-6-24-12-8(16)10(18)13(26(21,22)23)11(19)9(12)17;1-4-10(2,3)9(12)14-7-5-6-13-8(7)11;1-3-8(2)9-4-6-10(11)7-5-9/h6-13H,5H2,1-4H3;1-15H;4-7H2,1-3H3,(H,21,22,23);7H,4-6H2,1-3H3;4-8,11H,3H2,1-2H3/q;+1;;;/p-1. The Morgan fingerprint density at radius 3 is 1.50 bits per heavy atom. The van der Waals surface area contributed by atoms with Crippen molar-refractivity contribution < 1.29 is 78.5 Å². The summed E-state index contributed by atoms with van der Waals surface area (Å²) in [4.78, 5) is 48.2. The van der Waals surface area contributed by atoms with Crippen LogP contribution in [0.25, 0.3) is 10.8 Å². The van der Waals surface area contributed by atoms with Gasteiger partial charge in [-0.15, -0.1) is 0 Å². The van der Waals surface area contributed by atoms with E-state index in [1.807, 2.05) is 65.0 Å². The maximum absolute atomic E-state index is 13.7. The number of fused-ring (bicyclic) bond motifs is 1. The molecule has 3 unspecified atom stereocenters. The second-order valence-electron chi connectivity index (χ2n) is 23.1. The van der Waals surface area contributed by atoms with E-state index in [0.29, 0.717) is 37.5 Å². The Morgan fingerprint density at radius 1 is 0.611 bits per heavy atom. The molecule has 0 saturated carbocycles. The molecule has 0 aromatic heterocycles. The van der Waals surface area contributed by atoms with Crippen LogP contribution in [-0.2, 0) is 59.1 Å². The third-order valence-electron chi connectivity index (χ3n) is 15.2. The molecule has 13 nitrogen and oxygen atoms in total. The van der Waals surface area contributed by atoms with Crippen molar-refractivity contribution >= 4 is 55.7 Å². The monoisotopic (exact) mass is 1280 g/mol. The van der Waals surface area contributed by atoms with Gasteiger partial charge in [-0.05, 0) is 157 Å². The van der Waals surface area contributed by atoms with Gasteiger partial charge in [0, 0.05) is 12.8 Å². The first-order valence-corrected chi connectivity index (χ1v) is 32.4. The van der Waals surface area contributed by atoms with Gasteiger partial charge in [0.2, 0.25) is 17.7 Å². The van der Waals surface area contributed by atoms with Crippen LogP contribution in [0.2, 0.25) is 0 Å². The van der Waals surface area contributed by atoms with Gasteiger partial charge in [0.15, 0.2) is 32.1 Å². The zero-order valence-corrected chi connectivity index (χ0v) is 54.9. The number of benzene rings is 7. The molecule has 1 fully saturated rings. The summed E-state index contributed by atoms with van der Waals surface area (Å²) in [5, 5.41) is 11.4. The summed E-state index contributed by atoms with van der Waals surface area (Å²) in [6.45, 7) is 22.4. The van der Waals surface area contributed by atoms with E-state index in [1.54, 1.807) is 46.8 Å². The molecule has 0 aliphatic carbocycles. The molecule has 0 radical (unpaired) electrons. The lowest BCUT2D eigenvalue weighted by Gasteiger charge is -2.23. The van der Waals surface area contributed by atoms with Crippen molar-refractivity contribution in [2.45, 2.75) is 159 Å². The van der Waals surface area contributed by atoms with E-state index in [4.69, 9.17) is 24.1 Å². The van der Waals surface area contributed by atoms with Crippen molar-refractivity contribution in [1.29, 1.82) is 0 Å². The van der Waals surface area contributed by atoms with E-state index in [2.05, 4.69) is 134 Å². The number of phenols is 1. The van der Waals surface area contributed by atoms with Gasteiger partial charge in [-0.1, -0.05) is 138 Å². The molecule has 486 valence electrons. The number of esters is 4. The Balaban J connectivity index is 0.000000247. The van der Waals surface area contributed by atoms with Crippen molar-refractivity contribution in [3.05, 3.63) is 192 Å². The minimum absolute atomic E-state index is 0.0146. The summed E-state index contributed by atoms with van der Waals surface area (Å²) in [6.07, 6.45) is 2.63. The van der Waals surface area contributed by atoms with E-state index in [9.17, 15) is 49.7 Å². The summed E-state index contributed by atoms with van der Waals surface area (Å²) in [7, 11) is -5.79. The molecule has 7 aromatic carbocycles. The minimum atomic E-state index is -5.77. The average Bonchev–Trinajstić information content (AvgIpc) is 0.976.